The standard InChI is InChI=1S/C14H14ClNOS/c1-17-10-4-2-5-11(8-10)18-14-7-3-6-13(15)12(14)9-16/h2-8H,9,16H2,1H3. The molecule has 2 nitrogen and oxygen atoms in total. The summed E-state index contributed by atoms with van der Waals surface area (Å²) in [4.78, 5) is 2.18. The summed E-state index contributed by atoms with van der Waals surface area (Å²) < 4.78 is 5.21. The quantitative estimate of drug-likeness (QED) is 0.920. The van der Waals surface area contributed by atoms with Crippen LogP contribution in [0, 0.1) is 0 Å². The van der Waals surface area contributed by atoms with Crippen LogP contribution < -0.4 is 10.5 Å². The minimum atomic E-state index is 0.436. The molecule has 0 aromatic heterocycles. The van der Waals surface area contributed by atoms with Gasteiger partial charge < -0.3 is 10.5 Å². The molecule has 94 valence electrons. The largest absolute Gasteiger partial charge is 0.497 e. The Kier molecular flexibility index (Phi) is 4.53. The van der Waals surface area contributed by atoms with E-state index in [4.69, 9.17) is 22.1 Å². The molecule has 0 bridgehead atoms. The average molecular weight is 280 g/mol. The van der Waals surface area contributed by atoms with Crippen molar-refractivity contribution in [1.82, 2.24) is 0 Å². The first kappa shape index (κ1) is 13.3. The van der Waals surface area contributed by atoms with E-state index in [-0.39, 0.29) is 0 Å². The second-order valence-electron chi connectivity index (χ2n) is 3.70. The van der Waals surface area contributed by atoms with Gasteiger partial charge in [-0.05, 0) is 35.9 Å². The molecular weight excluding hydrogens is 266 g/mol. The molecule has 0 saturated heterocycles. The Hall–Kier alpha value is -1.16. The van der Waals surface area contributed by atoms with E-state index in [1.165, 1.54) is 0 Å². The highest BCUT2D eigenvalue weighted by Crippen LogP contribution is 2.34. The van der Waals surface area contributed by atoms with Crippen LogP contribution in [0.2, 0.25) is 5.02 Å². The van der Waals surface area contributed by atoms with Gasteiger partial charge in [0.15, 0.2) is 0 Å². The molecule has 0 unspecified atom stereocenters. The van der Waals surface area contributed by atoms with Gasteiger partial charge in [-0.25, -0.2) is 0 Å². The smallest absolute Gasteiger partial charge is 0.119 e. The molecule has 0 aliphatic carbocycles. The van der Waals surface area contributed by atoms with E-state index in [1.807, 2.05) is 42.5 Å². The second kappa shape index (κ2) is 6.14. The summed E-state index contributed by atoms with van der Waals surface area (Å²) >= 11 is 7.77. The number of halogens is 1. The Labute approximate surface area is 116 Å². The molecule has 4 heteroatoms. The van der Waals surface area contributed by atoms with Crippen molar-refractivity contribution in [2.24, 2.45) is 5.73 Å². The minimum absolute atomic E-state index is 0.436. The van der Waals surface area contributed by atoms with Gasteiger partial charge in [0, 0.05) is 21.4 Å². The molecule has 2 aromatic rings. The van der Waals surface area contributed by atoms with Crippen molar-refractivity contribution in [2.45, 2.75) is 16.3 Å². The van der Waals surface area contributed by atoms with E-state index in [2.05, 4.69) is 0 Å². The van der Waals surface area contributed by atoms with Crippen LogP contribution in [0.3, 0.4) is 0 Å². The molecule has 0 radical (unpaired) electrons. The van der Waals surface area contributed by atoms with E-state index >= 15 is 0 Å². The molecular formula is C14H14ClNOS. The molecule has 2 N–H and O–H groups in total. The predicted molar refractivity (Wildman–Crippen MR) is 76.5 cm³/mol. The van der Waals surface area contributed by atoms with E-state index in [0.717, 1.165) is 21.1 Å². The van der Waals surface area contributed by atoms with Crippen molar-refractivity contribution in [3.63, 3.8) is 0 Å². The Morgan fingerprint density at radius 2 is 2.00 bits per heavy atom. The van der Waals surface area contributed by atoms with E-state index < -0.39 is 0 Å². The summed E-state index contributed by atoms with van der Waals surface area (Å²) in [7, 11) is 1.66. The lowest BCUT2D eigenvalue weighted by molar-refractivity contribution is 0.413. The number of nitrogens with two attached hydrogens (primary N) is 1. The first-order valence-corrected chi connectivity index (χ1v) is 6.73. The first-order valence-electron chi connectivity index (χ1n) is 5.54. The van der Waals surface area contributed by atoms with Crippen molar-refractivity contribution >= 4 is 23.4 Å². The number of hydrogen-bond donors (Lipinski definition) is 1. The highest BCUT2D eigenvalue weighted by Gasteiger charge is 2.07. The Bertz CT molecular complexity index is 545. The number of rotatable bonds is 4. The molecule has 0 aliphatic heterocycles. The molecule has 2 rings (SSSR count). The van der Waals surface area contributed by atoms with Gasteiger partial charge >= 0.3 is 0 Å². The second-order valence-corrected chi connectivity index (χ2v) is 5.22. The third kappa shape index (κ3) is 2.99. The van der Waals surface area contributed by atoms with Gasteiger partial charge in [0.05, 0.1) is 7.11 Å². The number of benzene rings is 2. The van der Waals surface area contributed by atoms with Crippen molar-refractivity contribution in [2.75, 3.05) is 7.11 Å². The molecule has 0 aliphatic rings. The van der Waals surface area contributed by atoms with Crippen LogP contribution in [-0.4, -0.2) is 7.11 Å². The normalized spacial score (nSPS) is 10.4. The van der Waals surface area contributed by atoms with Crippen LogP contribution in [0.5, 0.6) is 5.75 Å². The first-order chi connectivity index (χ1) is 8.74. The SMILES string of the molecule is COc1cccc(Sc2cccc(Cl)c2CN)c1. The molecule has 0 heterocycles. The fraction of sp³-hybridized carbons (Fsp3) is 0.143. The molecule has 0 amide bonds. The lowest BCUT2D eigenvalue weighted by atomic mass is 10.2. The Morgan fingerprint density at radius 3 is 2.72 bits per heavy atom. The van der Waals surface area contributed by atoms with Gasteiger partial charge in [-0.1, -0.05) is 35.5 Å². The van der Waals surface area contributed by atoms with Crippen LogP contribution in [0.15, 0.2) is 52.3 Å². The maximum Gasteiger partial charge on any atom is 0.119 e. The van der Waals surface area contributed by atoms with Gasteiger partial charge in [-0.2, -0.15) is 0 Å². The van der Waals surface area contributed by atoms with E-state index in [1.54, 1.807) is 18.9 Å². The van der Waals surface area contributed by atoms with Crippen LogP contribution in [-0.2, 0) is 6.54 Å². The van der Waals surface area contributed by atoms with Crippen LogP contribution in [0.25, 0.3) is 0 Å². The minimum Gasteiger partial charge on any atom is -0.497 e. The number of hydrogen-bond acceptors (Lipinski definition) is 3. The highest BCUT2D eigenvalue weighted by atomic mass is 35.5. The molecule has 0 saturated carbocycles. The summed E-state index contributed by atoms with van der Waals surface area (Å²) in [6.07, 6.45) is 0. The van der Waals surface area contributed by atoms with Crippen molar-refractivity contribution in [3.8, 4) is 5.75 Å². The summed E-state index contributed by atoms with van der Waals surface area (Å²) in [5.74, 6) is 0.844. The topological polar surface area (TPSA) is 35.2 Å². The van der Waals surface area contributed by atoms with Gasteiger partial charge in [-0.3, -0.25) is 0 Å². The third-order valence-corrected chi connectivity index (χ3v) is 4.00. The predicted octanol–water partition coefficient (Wildman–Crippen LogP) is 3.96. The summed E-state index contributed by atoms with van der Waals surface area (Å²) in [6.45, 7) is 0.436. The summed E-state index contributed by atoms with van der Waals surface area (Å²) in [5.41, 5.74) is 6.72. The zero-order chi connectivity index (χ0) is 13.0. The number of ether oxygens (including phenoxy) is 1. The molecule has 2 aromatic carbocycles. The van der Waals surface area contributed by atoms with Crippen LogP contribution in [0.4, 0.5) is 0 Å². The lowest BCUT2D eigenvalue weighted by Gasteiger charge is -2.09. The van der Waals surface area contributed by atoms with E-state index in [0.29, 0.717) is 11.6 Å². The fourth-order valence-corrected chi connectivity index (χ4v) is 2.97. The fourth-order valence-electron chi connectivity index (χ4n) is 1.62. The van der Waals surface area contributed by atoms with Gasteiger partial charge in [0.1, 0.15) is 5.75 Å². The third-order valence-electron chi connectivity index (χ3n) is 2.55. The average Bonchev–Trinajstić information content (AvgIpc) is 2.39. The molecule has 0 atom stereocenters. The summed E-state index contributed by atoms with van der Waals surface area (Å²) in [6, 6.07) is 13.7. The van der Waals surface area contributed by atoms with Crippen molar-refractivity contribution in [1.29, 1.82) is 0 Å². The molecule has 18 heavy (non-hydrogen) atoms. The van der Waals surface area contributed by atoms with Crippen molar-refractivity contribution in [3.05, 3.63) is 53.1 Å². The summed E-state index contributed by atoms with van der Waals surface area (Å²) in [5, 5.41) is 0.713. The number of methoxy groups -OCH3 is 1. The van der Waals surface area contributed by atoms with E-state index in [9.17, 15) is 0 Å². The monoisotopic (exact) mass is 279 g/mol. The molecule has 0 fully saturated rings. The lowest BCUT2D eigenvalue weighted by Crippen LogP contribution is -1.99. The van der Waals surface area contributed by atoms with Crippen molar-refractivity contribution < 1.29 is 4.74 Å². The van der Waals surface area contributed by atoms with Gasteiger partial charge in [0.25, 0.3) is 0 Å². The zero-order valence-electron chi connectivity index (χ0n) is 10.0. The maximum absolute atomic E-state index is 6.14. The van der Waals surface area contributed by atoms with Crippen LogP contribution >= 0.6 is 23.4 Å². The maximum atomic E-state index is 6.14. The Balaban J connectivity index is 2.30. The van der Waals surface area contributed by atoms with Gasteiger partial charge in [-0.15, -0.1) is 0 Å². The zero-order valence-corrected chi connectivity index (χ0v) is 11.6. The molecule has 0 spiro atoms. The highest BCUT2D eigenvalue weighted by molar-refractivity contribution is 7.99. The van der Waals surface area contributed by atoms with Crippen LogP contribution in [0.1, 0.15) is 5.56 Å². The Morgan fingerprint density at radius 1 is 1.22 bits per heavy atom. The van der Waals surface area contributed by atoms with Gasteiger partial charge in [0.2, 0.25) is 0 Å².